The van der Waals surface area contributed by atoms with Crippen LogP contribution in [0.3, 0.4) is 0 Å². The summed E-state index contributed by atoms with van der Waals surface area (Å²) in [4.78, 5) is 17.0. The van der Waals surface area contributed by atoms with Crippen LogP contribution in [0.1, 0.15) is 28.9 Å². The maximum Gasteiger partial charge on any atom is 0.291 e. The number of nitrogens with zero attached hydrogens (tertiary/aromatic N) is 3. The van der Waals surface area contributed by atoms with Crippen molar-refractivity contribution in [3.63, 3.8) is 0 Å². The fourth-order valence-corrected chi connectivity index (χ4v) is 3.41. The largest absolute Gasteiger partial charge is 0.383 e. The molecule has 0 unspecified atom stereocenters. The van der Waals surface area contributed by atoms with Crippen molar-refractivity contribution in [3.05, 3.63) is 71.8 Å². The van der Waals surface area contributed by atoms with Crippen molar-refractivity contribution in [2.24, 2.45) is 5.14 Å². The first-order valence-corrected chi connectivity index (χ1v) is 10.8. The highest BCUT2D eigenvalue weighted by molar-refractivity contribution is 7.89. The lowest BCUT2D eigenvalue weighted by molar-refractivity contribution is 0.0895. The number of amides is 1. The molecule has 0 aliphatic carbocycles. The molecule has 30 heavy (non-hydrogen) atoms. The fraction of sp³-hybridized carbons (Fsp3) is 0.250. The van der Waals surface area contributed by atoms with Crippen LogP contribution in [0, 0.1) is 0 Å². The van der Waals surface area contributed by atoms with E-state index in [4.69, 9.17) is 9.88 Å². The molecule has 1 aromatic heterocycles. The number of sulfonamides is 1. The summed E-state index contributed by atoms with van der Waals surface area (Å²) >= 11 is 0. The number of hydrogen-bond donors (Lipinski definition) is 2. The van der Waals surface area contributed by atoms with Gasteiger partial charge in [-0.05, 0) is 36.8 Å². The van der Waals surface area contributed by atoms with Gasteiger partial charge < -0.3 is 10.1 Å². The zero-order valence-electron chi connectivity index (χ0n) is 16.6. The number of carbonyl (C=O) groups excluding carboxylic acids is 1. The number of nitrogens with one attached hydrogen (secondary N) is 1. The van der Waals surface area contributed by atoms with Crippen molar-refractivity contribution in [2.45, 2.75) is 24.3 Å². The van der Waals surface area contributed by atoms with E-state index in [0.717, 1.165) is 5.56 Å². The summed E-state index contributed by atoms with van der Waals surface area (Å²) in [7, 11) is -2.25. The molecule has 0 aliphatic rings. The minimum atomic E-state index is -3.81. The molecular weight excluding hydrogens is 406 g/mol. The molecule has 2 aromatic carbocycles. The molecule has 158 valence electrons. The number of benzene rings is 2. The lowest BCUT2D eigenvalue weighted by atomic mass is 10.1. The zero-order valence-corrected chi connectivity index (χ0v) is 17.5. The number of ether oxygens (including phenoxy) is 1. The first-order valence-electron chi connectivity index (χ1n) is 9.21. The van der Waals surface area contributed by atoms with Crippen LogP contribution in [0.5, 0.6) is 0 Å². The van der Waals surface area contributed by atoms with Crippen LogP contribution in [0.2, 0.25) is 0 Å². The number of nitrogens with two attached hydrogens (primary N) is 1. The van der Waals surface area contributed by atoms with Crippen LogP contribution in [0.15, 0.2) is 59.5 Å². The molecule has 0 bridgehead atoms. The van der Waals surface area contributed by atoms with Gasteiger partial charge in [0.2, 0.25) is 15.8 Å². The van der Waals surface area contributed by atoms with E-state index >= 15 is 0 Å². The lowest BCUT2D eigenvalue weighted by Crippen LogP contribution is -2.36. The molecule has 3 rings (SSSR count). The maximum absolute atomic E-state index is 12.6. The van der Waals surface area contributed by atoms with Crippen molar-refractivity contribution in [1.29, 1.82) is 0 Å². The predicted molar refractivity (Wildman–Crippen MR) is 111 cm³/mol. The highest BCUT2D eigenvalue weighted by Crippen LogP contribution is 2.16. The molecule has 10 heteroatoms. The van der Waals surface area contributed by atoms with E-state index in [9.17, 15) is 13.2 Å². The molecule has 1 heterocycles. The molecule has 3 aromatic rings. The number of hydrogen-bond acceptors (Lipinski definition) is 6. The van der Waals surface area contributed by atoms with Crippen LogP contribution in [0.4, 0.5) is 0 Å². The number of aromatic nitrogens is 3. The summed E-state index contributed by atoms with van der Waals surface area (Å²) in [5, 5.41) is 12.3. The Labute approximate surface area is 174 Å². The average Bonchev–Trinajstić information content (AvgIpc) is 3.12. The predicted octanol–water partition coefficient (Wildman–Crippen LogP) is 1.27. The quantitative estimate of drug-likeness (QED) is 0.555. The molecule has 0 aliphatic heterocycles. The van der Waals surface area contributed by atoms with E-state index in [-0.39, 0.29) is 16.8 Å². The van der Waals surface area contributed by atoms with Crippen molar-refractivity contribution in [2.75, 3.05) is 13.7 Å². The SMILES string of the molecule is COC[C@H](C)NC(=O)c1nc(Cc2ccccc2)n(-c2ccc(S(N)(=O)=O)cc2)n1. The Bertz CT molecular complexity index is 1110. The van der Waals surface area contributed by atoms with Crippen molar-refractivity contribution in [3.8, 4) is 5.69 Å². The van der Waals surface area contributed by atoms with Gasteiger partial charge in [-0.1, -0.05) is 30.3 Å². The Morgan fingerprint density at radius 1 is 1.17 bits per heavy atom. The Balaban J connectivity index is 1.97. The lowest BCUT2D eigenvalue weighted by Gasteiger charge is -2.10. The number of carbonyl (C=O) groups is 1. The highest BCUT2D eigenvalue weighted by atomic mass is 32.2. The van der Waals surface area contributed by atoms with Gasteiger partial charge in [-0.25, -0.2) is 23.2 Å². The Kier molecular flexibility index (Phi) is 6.60. The molecule has 1 atom stereocenters. The van der Waals surface area contributed by atoms with E-state index in [1.165, 1.54) is 16.8 Å². The van der Waals surface area contributed by atoms with E-state index in [2.05, 4.69) is 15.4 Å². The Morgan fingerprint density at radius 2 is 1.83 bits per heavy atom. The van der Waals surface area contributed by atoms with E-state index < -0.39 is 15.9 Å². The Hall–Kier alpha value is -3.08. The molecule has 0 radical (unpaired) electrons. The average molecular weight is 430 g/mol. The van der Waals surface area contributed by atoms with Crippen LogP contribution in [-0.4, -0.2) is 48.8 Å². The van der Waals surface area contributed by atoms with Gasteiger partial charge in [0.05, 0.1) is 17.2 Å². The number of methoxy groups -OCH3 is 1. The summed E-state index contributed by atoms with van der Waals surface area (Å²) in [5.41, 5.74) is 1.55. The van der Waals surface area contributed by atoms with Crippen molar-refractivity contribution < 1.29 is 17.9 Å². The molecular formula is C20H23N5O4S. The molecule has 1 amide bonds. The molecule has 0 fully saturated rings. The third-order valence-corrected chi connectivity index (χ3v) is 5.22. The minimum absolute atomic E-state index is 0.0117. The monoisotopic (exact) mass is 429 g/mol. The van der Waals surface area contributed by atoms with Gasteiger partial charge in [-0.15, -0.1) is 5.10 Å². The smallest absolute Gasteiger partial charge is 0.291 e. The normalized spacial score (nSPS) is 12.5. The summed E-state index contributed by atoms with van der Waals surface area (Å²) in [6, 6.07) is 15.3. The highest BCUT2D eigenvalue weighted by Gasteiger charge is 2.19. The van der Waals surface area contributed by atoms with Crippen molar-refractivity contribution in [1.82, 2.24) is 20.1 Å². The van der Waals surface area contributed by atoms with Gasteiger partial charge >= 0.3 is 0 Å². The third-order valence-electron chi connectivity index (χ3n) is 4.29. The van der Waals surface area contributed by atoms with Crippen LogP contribution >= 0.6 is 0 Å². The second-order valence-electron chi connectivity index (χ2n) is 6.79. The first-order chi connectivity index (χ1) is 14.3. The van der Waals surface area contributed by atoms with Gasteiger partial charge in [-0.2, -0.15) is 0 Å². The number of rotatable bonds is 8. The summed E-state index contributed by atoms with van der Waals surface area (Å²) < 4.78 is 29.6. The molecule has 3 N–H and O–H groups in total. The van der Waals surface area contributed by atoms with Gasteiger partial charge in [0.25, 0.3) is 5.91 Å². The molecule has 0 spiro atoms. The van der Waals surface area contributed by atoms with Crippen LogP contribution < -0.4 is 10.5 Å². The fourth-order valence-electron chi connectivity index (χ4n) is 2.90. The molecule has 0 saturated carbocycles. The third kappa shape index (κ3) is 5.29. The second-order valence-corrected chi connectivity index (χ2v) is 8.36. The van der Waals surface area contributed by atoms with Crippen LogP contribution in [0.25, 0.3) is 5.69 Å². The van der Waals surface area contributed by atoms with Gasteiger partial charge in [0.15, 0.2) is 0 Å². The summed E-state index contributed by atoms with van der Waals surface area (Å²) in [5.74, 6) is 0.127. The zero-order chi connectivity index (χ0) is 21.7. The van der Waals surface area contributed by atoms with Gasteiger partial charge in [0, 0.05) is 19.6 Å². The Morgan fingerprint density at radius 3 is 2.43 bits per heavy atom. The molecule has 0 saturated heterocycles. The number of primary sulfonamides is 1. The van der Waals surface area contributed by atoms with E-state index in [0.29, 0.717) is 24.5 Å². The topological polar surface area (TPSA) is 129 Å². The van der Waals surface area contributed by atoms with Crippen molar-refractivity contribution >= 4 is 15.9 Å². The summed E-state index contributed by atoms with van der Waals surface area (Å²) in [6.07, 6.45) is 0.436. The van der Waals surface area contributed by atoms with Gasteiger partial charge in [0.1, 0.15) is 5.82 Å². The van der Waals surface area contributed by atoms with E-state index in [1.807, 2.05) is 37.3 Å². The van der Waals surface area contributed by atoms with Gasteiger partial charge in [-0.3, -0.25) is 4.79 Å². The standard InChI is InChI=1S/C20H23N5O4S/c1-14(13-29-2)22-20(26)19-23-18(12-15-6-4-3-5-7-15)25(24-19)16-8-10-17(11-9-16)30(21,27)28/h3-11,14H,12-13H2,1-2H3,(H,22,26)(H2,21,27,28)/t14-/m0/s1. The van der Waals surface area contributed by atoms with Crippen LogP contribution in [-0.2, 0) is 21.2 Å². The van der Waals surface area contributed by atoms with E-state index in [1.54, 1.807) is 19.2 Å². The summed E-state index contributed by atoms with van der Waals surface area (Å²) in [6.45, 7) is 2.17. The first kappa shape index (κ1) is 21.6. The minimum Gasteiger partial charge on any atom is -0.383 e. The maximum atomic E-state index is 12.6. The molecule has 9 nitrogen and oxygen atoms in total. The second kappa shape index (κ2) is 9.16.